The lowest BCUT2D eigenvalue weighted by molar-refractivity contribution is -0.124. The van der Waals surface area contributed by atoms with E-state index in [1.807, 2.05) is 6.92 Å². The van der Waals surface area contributed by atoms with Gasteiger partial charge in [0.15, 0.2) is 0 Å². The van der Waals surface area contributed by atoms with Gasteiger partial charge in [0.05, 0.1) is 11.6 Å². The average molecular weight is 244 g/mol. The molecule has 1 unspecified atom stereocenters. The van der Waals surface area contributed by atoms with Crippen LogP contribution in [-0.4, -0.2) is 44.4 Å². The molecule has 0 aliphatic carbocycles. The summed E-state index contributed by atoms with van der Waals surface area (Å²) in [6.45, 7) is 4.08. The minimum atomic E-state index is -0.626. The molecule has 0 aromatic carbocycles. The minimum absolute atomic E-state index is 0.314. The summed E-state index contributed by atoms with van der Waals surface area (Å²) in [5.41, 5.74) is 4.72. The molecule has 3 N–H and O–H groups in total. The van der Waals surface area contributed by atoms with E-state index in [0.29, 0.717) is 19.1 Å². The van der Waals surface area contributed by atoms with Crippen LogP contribution in [0.15, 0.2) is 0 Å². The predicted molar refractivity (Wildman–Crippen MR) is 65.7 cm³/mol. The van der Waals surface area contributed by atoms with Crippen LogP contribution in [0.25, 0.3) is 0 Å². The zero-order valence-electron chi connectivity index (χ0n) is 10.8. The van der Waals surface area contributed by atoms with Crippen molar-refractivity contribution in [1.29, 1.82) is 0 Å². The molecule has 1 aliphatic heterocycles. The molecule has 0 aromatic rings. The number of nitrogens with one attached hydrogen (secondary N) is 1. The fourth-order valence-electron chi connectivity index (χ4n) is 1.89. The third kappa shape index (κ3) is 4.61. The van der Waals surface area contributed by atoms with E-state index in [0.717, 1.165) is 32.5 Å². The van der Waals surface area contributed by atoms with Crippen LogP contribution in [-0.2, 0) is 14.3 Å². The van der Waals surface area contributed by atoms with Crippen molar-refractivity contribution in [2.75, 3.05) is 26.9 Å². The number of carbonyl (C=O) groups excluding carboxylic acids is 1. The van der Waals surface area contributed by atoms with Crippen molar-refractivity contribution in [3.8, 4) is 0 Å². The number of ether oxygens (including phenoxy) is 2. The second-order valence-corrected chi connectivity index (χ2v) is 4.73. The smallest absolute Gasteiger partial charge is 0.237 e. The van der Waals surface area contributed by atoms with E-state index < -0.39 is 5.54 Å². The van der Waals surface area contributed by atoms with E-state index in [9.17, 15) is 4.79 Å². The SMILES string of the molecule is CNC(C)(CCCOC1CCOCC1)C(N)=O. The summed E-state index contributed by atoms with van der Waals surface area (Å²) in [4.78, 5) is 11.3. The van der Waals surface area contributed by atoms with Crippen LogP contribution in [0, 0.1) is 0 Å². The maximum Gasteiger partial charge on any atom is 0.237 e. The van der Waals surface area contributed by atoms with E-state index in [1.165, 1.54) is 0 Å². The molecule has 0 radical (unpaired) electrons. The van der Waals surface area contributed by atoms with Gasteiger partial charge < -0.3 is 20.5 Å². The summed E-state index contributed by atoms with van der Waals surface area (Å²) in [7, 11) is 1.75. The molecule has 1 saturated heterocycles. The Hall–Kier alpha value is -0.650. The molecular formula is C12H24N2O3. The van der Waals surface area contributed by atoms with Crippen LogP contribution in [0.1, 0.15) is 32.6 Å². The highest BCUT2D eigenvalue weighted by Crippen LogP contribution is 2.14. The summed E-state index contributed by atoms with van der Waals surface area (Å²) in [5, 5.41) is 2.97. The topological polar surface area (TPSA) is 73.6 Å². The molecule has 100 valence electrons. The summed E-state index contributed by atoms with van der Waals surface area (Å²) in [6.07, 6.45) is 3.79. The fraction of sp³-hybridized carbons (Fsp3) is 0.917. The lowest BCUT2D eigenvalue weighted by atomic mass is 9.95. The summed E-state index contributed by atoms with van der Waals surface area (Å²) in [6, 6.07) is 0. The Balaban J connectivity index is 2.16. The number of likely N-dealkylation sites (N-methyl/N-ethyl adjacent to an activating group) is 1. The normalized spacial score (nSPS) is 21.1. The molecule has 1 aliphatic rings. The first-order valence-electron chi connectivity index (χ1n) is 6.26. The second kappa shape index (κ2) is 6.93. The molecule has 0 aromatic heterocycles. The number of amides is 1. The Morgan fingerprint density at radius 3 is 2.71 bits per heavy atom. The molecule has 17 heavy (non-hydrogen) atoms. The van der Waals surface area contributed by atoms with Gasteiger partial charge in [-0.3, -0.25) is 4.79 Å². The summed E-state index contributed by atoms with van der Waals surface area (Å²) < 4.78 is 11.0. The van der Waals surface area contributed by atoms with Gasteiger partial charge in [-0.15, -0.1) is 0 Å². The van der Waals surface area contributed by atoms with E-state index in [4.69, 9.17) is 15.2 Å². The number of primary amides is 1. The van der Waals surface area contributed by atoms with Gasteiger partial charge in [-0.1, -0.05) is 0 Å². The first-order chi connectivity index (χ1) is 8.08. The maximum absolute atomic E-state index is 11.3. The van der Waals surface area contributed by atoms with E-state index in [2.05, 4.69) is 5.32 Å². The fourth-order valence-corrected chi connectivity index (χ4v) is 1.89. The van der Waals surface area contributed by atoms with Gasteiger partial charge in [0.25, 0.3) is 0 Å². The highest BCUT2D eigenvalue weighted by molar-refractivity contribution is 5.84. The van der Waals surface area contributed by atoms with E-state index >= 15 is 0 Å². The van der Waals surface area contributed by atoms with Crippen LogP contribution in [0.3, 0.4) is 0 Å². The van der Waals surface area contributed by atoms with Gasteiger partial charge >= 0.3 is 0 Å². The van der Waals surface area contributed by atoms with E-state index in [1.54, 1.807) is 7.05 Å². The van der Waals surface area contributed by atoms with Crippen molar-refractivity contribution in [2.24, 2.45) is 5.73 Å². The van der Waals surface area contributed by atoms with Gasteiger partial charge in [0, 0.05) is 19.8 Å². The zero-order valence-corrected chi connectivity index (χ0v) is 10.8. The molecule has 1 amide bonds. The van der Waals surface area contributed by atoms with Crippen molar-refractivity contribution in [2.45, 2.75) is 44.2 Å². The van der Waals surface area contributed by atoms with E-state index in [-0.39, 0.29) is 5.91 Å². The Morgan fingerprint density at radius 2 is 2.18 bits per heavy atom. The van der Waals surface area contributed by atoms with Crippen LogP contribution in [0.4, 0.5) is 0 Å². The molecule has 5 heteroatoms. The minimum Gasteiger partial charge on any atom is -0.381 e. The molecule has 5 nitrogen and oxygen atoms in total. The molecule has 1 atom stereocenters. The van der Waals surface area contributed by atoms with Gasteiger partial charge in [-0.05, 0) is 39.7 Å². The van der Waals surface area contributed by atoms with Gasteiger partial charge in [0.1, 0.15) is 0 Å². The van der Waals surface area contributed by atoms with Gasteiger partial charge in [-0.25, -0.2) is 0 Å². The Labute approximate surface area is 103 Å². The molecule has 0 bridgehead atoms. The Bertz CT molecular complexity index is 242. The lowest BCUT2D eigenvalue weighted by Crippen LogP contribution is -2.51. The highest BCUT2D eigenvalue weighted by Gasteiger charge is 2.28. The Morgan fingerprint density at radius 1 is 1.53 bits per heavy atom. The van der Waals surface area contributed by atoms with Crippen LogP contribution >= 0.6 is 0 Å². The third-order valence-corrected chi connectivity index (χ3v) is 3.44. The number of hydrogen-bond donors (Lipinski definition) is 2. The molecule has 1 fully saturated rings. The lowest BCUT2D eigenvalue weighted by Gasteiger charge is -2.26. The average Bonchev–Trinajstić information content (AvgIpc) is 2.35. The number of nitrogens with two attached hydrogens (primary N) is 1. The van der Waals surface area contributed by atoms with Crippen LogP contribution in [0.5, 0.6) is 0 Å². The molecule has 1 rings (SSSR count). The maximum atomic E-state index is 11.3. The van der Waals surface area contributed by atoms with Crippen LogP contribution in [0.2, 0.25) is 0 Å². The van der Waals surface area contributed by atoms with Gasteiger partial charge in [-0.2, -0.15) is 0 Å². The first kappa shape index (κ1) is 14.4. The number of hydrogen-bond acceptors (Lipinski definition) is 4. The van der Waals surface area contributed by atoms with Crippen molar-refractivity contribution in [3.05, 3.63) is 0 Å². The van der Waals surface area contributed by atoms with Gasteiger partial charge in [0.2, 0.25) is 5.91 Å². The van der Waals surface area contributed by atoms with Crippen LogP contribution < -0.4 is 11.1 Å². The van der Waals surface area contributed by atoms with Crippen molar-refractivity contribution in [1.82, 2.24) is 5.32 Å². The molecular weight excluding hydrogens is 220 g/mol. The second-order valence-electron chi connectivity index (χ2n) is 4.73. The monoisotopic (exact) mass is 244 g/mol. The standard InChI is InChI=1S/C12H24N2O3/c1-12(14-2,11(13)15)6-3-7-17-10-4-8-16-9-5-10/h10,14H,3-9H2,1-2H3,(H2,13,15). The summed E-state index contributed by atoms with van der Waals surface area (Å²) >= 11 is 0. The quantitative estimate of drug-likeness (QED) is 0.637. The van der Waals surface area contributed by atoms with Crippen molar-refractivity contribution >= 4 is 5.91 Å². The highest BCUT2D eigenvalue weighted by atomic mass is 16.5. The first-order valence-corrected chi connectivity index (χ1v) is 6.26. The number of rotatable bonds is 7. The molecule has 0 saturated carbocycles. The Kier molecular flexibility index (Phi) is 5.88. The predicted octanol–water partition coefficient (Wildman–Crippen LogP) is 0.426. The molecule has 1 heterocycles. The van der Waals surface area contributed by atoms with Crippen molar-refractivity contribution < 1.29 is 14.3 Å². The summed E-state index contributed by atoms with van der Waals surface area (Å²) in [5.74, 6) is -0.314. The third-order valence-electron chi connectivity index (χ3n) is 3.44. The molecule has 0 spiro atoms. The van der Waals surface area contributed by atoms with Crippen molar-refractivity contribution in [3.63, 3.8) is 0 Å². The number of carbonyl (C=O) groups is 1. The largest absolute Gasteiger partial charge is 0.381 e. The zero-order chi connectivity index (χ0) is 12.7.